The summed E-state index contributed by atoms with van der Waals surface area (Å²) in [6.07, 6.45) is 2.09. The lowest BCUT2D eigenvalue weighted by Gasteiger charge is -2.11. The number of aromatic amines is 1. The van der Waals surface area contributed by atoms with E-state index in [9.17, 15) is 9.59 Å². The van der Waals surface area contributed by atoms with E-state index >= 15 is 0 Å². The average Bonchev–Trinajstić information content (AvgIpc) is 3.18. The predicted molar refractivity (Wildman–Crippen MR) is 128 cm³/mol. The van der Waals surface area contributed by atoms with Crippen molar-refractivity contribution in [2.24, 2.45) is 0 Å². The maximum absolute atomic E-state index is 13.6. The van der Waals surface area contributed by atoms with E-state index in [0.717, 1.165) is 40.6 Å². The van der Waals surface area contributed by atoms with E-state index in [1.54, 1.807) is 6.07 Å². The molecular weight excluding hydrogens is 422 g/mol. The summed E-state index contributed by atoms with van der Waals surface area (Å²) in [6, 6.07) is 20.4. The van der Waals surface area contributed by atoms with Crippen LogP contribution < -0.4 is 0 Å². The number of aryl methyl sites for hydroxylation is 1. The van der Waals surface area contributed by atoms with Crippen molar-refractivity contribution in [1.29, 1.82) is 0 Å². The number of hydrogen-bond acceptors (Lipinski definition) is 3. The molecule has 32 heavy (non-hydrogen) atoms. The number of ketones is 1. The second-order valence-corrected chi connectivity index (χ2v) is 8.15. The Morgan fingerprint density at radius 1 is 0.938 bits per heavy atom. The summed E-state index contributed by atoms with van der Waals surface area (Å²) in [4.78, 5) is 29.4. The van der Waals surface area contributed by atoms with Crippen LogP contribution in [0.2, 0.25) is 5.02 Å². The molecule has 0 radical (unpaired) electrons. The van der Waals surface area contributed by atoms with Crippen LogP contribution in [-0.4, -0.2) is 23.8 Å². The molecule has 3 aromatic carbocycles. The van der Waals surface area contributed by atoms with Crippen LogP contribution in [0, 0.1) is 0 Å². The third-order valence-corrected chi connectivity index (χ3v) is 5.95. The van der Waals surface area contributed by atoms with Crippen LogP contribution in [0.15, 0.2) is 66.7 Å². The van der Waals surface area contributed by atoms with E-state index in [-0.39, 0.29) is 5.78 Å². The Morgan fingerprint density at radius 3 is 2.34 bits per heavy atom. The number of aromatic nitrogens is 1. The zero-order valence-electron chi connectivity index (χ0n) is 18.1. The van der Waals surface area contributed by atoms with Gasteiger partial charge >= 0.3 is 5.97 Å². The molecule has 4 nitrogen and oxygen atoms in total. The van der Waals surface area contributed by atoms with Crippen molar-refractivity contribution in [3.05, 3.63) is 105 Å². The molecule has 0 spiro atoms. The number of H-pyrrole nitrogens is 1. The molecule has 1 heterocycles. The fourth-order valence-electron chi connectivity index (χ4n) is 4.12. The van der Waals surface area contributed by atoms with Crippen LogP contribution in [0.25, 0.3) is 10.9 Å². The monoisotopic (exact) mass is 445 g/mol. The number of hydrogen-bond donors (Lipinski definition) is 1. The lowest BCUT2D eigenvalue weighted by atomic mass is 9.92. The minimum absolute atomic E-state index is 0.0356. The summed E-state index contributed by atoms with van der Waals surface area (Å²) < 4.78 is 4.97. The normalized spacial score (nSPS) is 11.0. The smallest absolute Gasteiger partial charge is 0.337 e. The number of nitrogens with one attached hydrogen (secondary N) is 1. The van der Waals surface area contributed by atoms with Crippen molar-refractivity contribution in [2.75, 3.05) is 7.11 Å². The number of esters is 1. The molecule has 4 rings (SSSR count). The molecule has 1 aromatic heterocycles. The zero-order valence-corrected chi connectivity index (χ0v) is 18.8. The largest absolute Gasteiger partial charge is 0.465 e. The second kappa shape index (κ2) is 9.41. The number of fused-ring (bicyclic) bond motifs is 1. The first-order valence-corrected chi connectivity index (χ1v) is 11.0. The number of methoxy groups -OCH3 is 1. The molecule has 5 heteroatoms. The molecule has 4 aromatic rings. The molecule has 0 aliphatic heterocycles. The van der Waals surface area contributed by atoms with Gasteiger partial charge in [0.25, 0.3) is 0 Å². The molecule has 0 unspecified atom stereocenters. The van der Waals surface area contributed by atoms with E-state index < -0.39 is 5.97 Å². The Kier molecular flexibility index (Phi) is 6.42. The van der Waals surface area contributed by atoms with Gasteiger partial charge in [-0.1, -0.05) is 73.5 Å². The first-order valence-electron chi connectivity index (χ1n) is 10.6. The van der Waals surface area contributed by atoms with E-state index in [1.165, 1.54) is 7.11 Å². The van der Waals surface area contributed by atoms with Crippen LogP contribution in [0.1, 0.15) is 56.4 Å². The highest BCUT2D eigenvalue weighted by Gasteiger charge is 2.24. The number of halogens is 1. The molecule has 0 saturated heterocycles. The van der Waals surface area contributed by atoms with Gasteiger partial charge in [-0.2, -0.15) is 0 Å². The van der Waals surface area contributed by atoms with Gasteiger partial charge < -0.3 is 9.72 Å². The van der Waals surface area contributed by atoms with Gasteiger partial charge in [-0.15, -0.1) is 0 Å². The number of carbonyl (C=O) groups excluding carboxylic acids is 2. The highest BCUT2D eigenvalue weighted by atomic mass is 35.5. The van der Waals surface area contributed by atoms with Crippen LogP contribution in [0.5, 0.6) is 0 Å². The van der Waals surface area contributed by atoms with Crippen molar-refractivity contribution in [1.82, 2.24) is 4.98 Å². The Hall–Kier alpha value is -3.37. The van der Waals surface area contributed by atoms with Gasteiger partial charge in [-0.05, 0) is 42.2 Å². The summed E-state index contributed by atoms with van der Waals surface area (Å²) in [5, 5.41) is 1.47. The topological polar surface area (TPSA) is 59.2 Å². The van der Waals surface area contributed by atoms with Crippen molar-refractivity contribution in [2.45, 2.75) is 26.2 Å². The molecule has 0 aliphatic rings. The molecule has 0 saturated carbocycles. The molecule has 0 amide bonds. The van der Waals surface area contributed by atoms with Gasteiger partial charge in [0.2, 0.25) is 0 Å². The Morgan fingerprint density at radius 2 is 1.66 bits per heavy atom. The third kappa shape index (κ3) is 4.19. The standard InChI is InChI=1S/C27H24ClNO3/c1-3-9-22-25(26(30)17-10-5-4-6-11-17)24-19(14-18-12-7-8-13-21(18)28)15-20(27(31)32-2)16-23(24)29-22/h4-8,10-13,15-16,29H,3,9,14H2,1-2H3. The summed E-state index contributed by atoms with van der Waals surface area (Å²) in [6.45, 7) is 2.08. The molecule has 0 bridgehead atoms. The van der Waals surface area contributed by atoms with Gasteiger partial charge in [-0.3, -0.25) is 4.79 Å². The minimum atomic E-state index is -0.421. The highest BCUT2D eigenvalue weighted by molar-refractivity contribution is 6.31. The van der Waals surface area contributed by atoms with E-state index in [1.807, 2.05) is 60.7 Å². The van der Waals surface area contributed by atoms with Crippen molar-refractivity contribution < 1.29 is 14.3 Å². The maximum atomic E-state index is 13.6. The lowest BCUT2D eigenvalue weighted by Crippen LogP contribution is -2.06. The van der Waals surface area contributed by atoms with Gasteiger partial charge in [0.15, 0.2) is 5.78 Å². The van der Waals surface area contributed by atoms with Crippen molar-refractivity contribution in [3.8, 4) is 0 Å². The number of ether oxygens (including phenoxy) is 1. The van der Waals surface area contributed by atoms with E-state index in [0.29, 0.717) is 28.1 Å². The van der Waals surface area contributed by atoms with Crippen LogP contribution >= 0.6 is 11.6 Å². The van der Waals surface area contributed by atoms with E-state index in [2.05, 4.69) is 11.9 Å². The Balaban J connectivity index is 1.99. The molecule has 0 aliphatic carbocycles. The SMILES string of the molecule is CCCc1[nH]c2cc(C(=O)OC)cc(Cc3ccccc3Cl)c2c1C(=O)c1ccccc1. The average molecular weight is 446 g/mol. The first-order chi connectivity index (χ1) is 15.5. The van der Waals surface area contributed by atoms with Gasteiger partial charge in [0.05, 0.1) is 18.2 Å². The number of benzene rings is 3. The van der Waals surface area contributed by atoms with Crippen molar-refractivity contribution >= 4 is 34.3 Å². The molecular formula is C27H24ClNO3. The highest BCUT2D eigenvalue weighted by Crippen LogP contribution is 2.33. The third-order valence-electron chi connectivity index (χ3n) is 5.58. The summed E-state index contributed by atoms with van der Waals surface area (Å²) in [5.74, 6) is -0.457. The minimum Gasteiger partial charge on any atom is -0.465 e. The van der Waals surface area contributed by atoms with Gasteiger partial charge in [0.1, 0.15) is 0 Å². The fraction of sp³-hybridized carbons (Fsp3) is 0.185. The van der Waals surface area contributed by atoms with Crippen LogP contribution in [0.3, 0.4) is 0 Å². The second-order valence-electron chi connectivity index (χ2n) is 7.74. The van der Waals surface area contributed by atoms with Crippen molar-refractivity contribution in [3.63, 3.8) is 0 Å². The molecule has 0 atom stereocenters. The zero-order chi connectivity index (χ0) is 22.7. The Labute approximate surface area is 192 Å². The summed E-state index contributed by atoms with van der Waals surface area (Å²) in [7, 11) is 1.36. The van der Waals surface area contributed by atoms with Gasteiger partial charge in [-0.25, -0.2) is 4.79 Å². The Bertz CT molecular complexity index is 1290. The fourth-order valence-corrected chi connectivity index (χ4v) is 4.32. The molecule has 1 N–H and O–H groups in total. The lowest BCUT2D eigenvalue weighted by molar-refractivity contribution is 0.0600. The van der Waals surface area contributed by atoms with Crippen LogP contribution in [-0.2, 0) is 17.6 Å². The molecule has 0 fully saturated rings. The van der Waals surface area contributed by atoms with Crippen LogP contribution in [0.4, 0.5) is 0 Å². The summed E-state index contributed by atoms with van der Waals surface area (Å²) >= 11 is 6.44. The van der Waals surface area contributed by atoms with E-state index in [4.69, 9.17) is 16.3 Å². The summed E-state index contributed by atoms with van der Waals surface area (Å²) in [5.41, 5.74) is 5.13. The number of rotatable bonds is 7. The first kappa shape index (κ1) is 21.8. The maximum Gasteiger partial charge on any atom is 0.337 e. The predicted octanol–water partition coefficient (Wildman–Crippen LogP) is 6.38. The molecule has 162 valence electrons. The van der Waals surface area contributed by atoms with Gasteiger partial charge in [0, 0.05) is 27.2 Å². The quantitative estimate of drug-likeness (QED) is 0.265. The number of carbonyl (C=O) groups is 2.